The molecule has 0 fully saturated rings. The van der Waals surface area contributed by atoms with Crippen molar-refractivity contribution in [3.8, 4) is 6.07 Å². The largest absolute Gasteiger partial charge is 0.463 e. The molecule has 3 aromatic rings. The topological polar surface area (TPSA) is 83.6 Å². The Balaban J connectivity index is 1.66. The predicted molar refractivity (Wildman–Crippen MR) is 88.3 cm³/mol. The van der Waals surface area contributed by atoms with E-state index in [0.29, 0.717) is 23.7 Å². The molecule has 2 N–H and O–H groups in total. The summed E-state index contributed by atoms with van der Waals surface area (Å²) in [6.45, 7) is 1.37. The zero-order chi connectivity index (χ0) is 16.8. The van der Waals surface area contributed by atoms with Gasteiger partial charge in [0.1, 0.15) is 24.2 Å². The molecule has 0 saturated heterocycles. The van der Waals surface area contributed by atoms with Crippen molar-refractivity contribution in [2.24, 2.45) is 0 Å². The van der Waals surface area contributed by atoms with E-state index in [1.807, 2.05) is 24.3 Å². The highest BCUT2D eigenvalue weighted by molar-refractivity contribution is 7.14. The molecular weight excluding hydrogens is 326 g/mol. The lowest BCUT2D eigenvalue weighted by atomic mass is 10.3. The van der Waals surface area contributed by atoms with E-state index in [1.54, 1.807) is 24.0 Å². The van der Waals surface area contributed by atoms with Crippen LogP contribution in [-0.4, -0.2) is 12.5 Å². The van der Waals surface area contributed by atoms with Crippen molar-refractivity contribution in [3.05, 3.63) is 65.3 Å². The molecule has 0 spiro atoms. The van der Waals surface area contributed by atoms with Crippen molar-refractivity contribution in [2.75, 3.05) is 11.9 Å². The lowest BCUT2D eigenvalue weighted by molar-refractivity contribution is -0.921. The molecule has 0 atom stereocenters. The molecule has 0 aliphatic carbocycles. The first-order chi connectivity index (χ1) is 11.7. The molecule has 0 unspecified atom stereocenters. The molecule has 0 radical (unpaired) electrons. The summed E-state index contributed by atoms with van der Waals surface area (Å²) >= 11 is 1.34. The second-order valence-corrected chi connectivity index (χ2v) is 6.18. The fourth-order valence-corrected chi connectivity index (χ4v) is 3.15. The van der Waals surface area contributed by atoms with Gasteiger partial charge in [0.05, 0.1) is 18.1 Å². The third-order valence-electron chi connectivity index (χ3n) is 3.46. The summed E-state index contributed by atoms with van der Waals surface area (Å²) in [6, 6.07) is 11.2. The summed E-state index contributed by atoms with van der Waals surface area (Å²) < 4.78 is 10.8. The number of rotatable bonds is 7. The Kier molecular flexibility index (Phi) is 5.11. The smallest absolute Gasteiger partial charge is 0.280 e. The molecule has 6 nitrogen and oxygen atoms in total. The Morgan fingerprint density at radius 1 is 1.17 bits per heavy atom. The molecule has 0 aliphatic rings. The van der Waals surface area contributed by atoms with Crippen LogP contribution in [0.25, 0.3) is 0 Å². The number of carbonyl (C=O) groups is 1. The molecule has 3 rings (SSSR count). The maximum absolute atomic E-state index is 12.4. The Bertz CT molecular complexity index is 780. The van der Waals surface area contributed by atoms with Crippen molar-refractivity contribution in [2.45, 2.75) is 13.1 Å². The molecule has 7 heteroatoms. The van der Waals surface area contributed by atoms with E-state index in [1.165, 1.54) is 11.3 Å². The van der Waals surface area contributed by atoms with Crippen molar-refractivity contribution < 1.29 is 18.5 Å². The van der Waals surface area contributed by atoms with Gasteiger partial charge in [-0.1, -0.05) is 0 Å². The van der Waals surface area contributed by atoms with Gasteiger partial charge in [-0.05, 0) is 35.7 Å². The minimum absolute atomic E-state index is 0.151. The number of nitrogens with zero attached hydrogens (tertiary/aromatic N) is 1. The van der Waals surface area contributed by atoms with Crippen LogP contribution in [0.15, 0.2) is 57.1 Å². The molecule has 0 saturated carbocycles. The van der Waals surface area contributed by atoms with Gasteiger partial charge in [0.15, 0.2) is 18.1 Å². The number of quaternary nitrogens is 1. The maximum Gasteiger partial charge on any atom is 0.280 e. The number of carbonyl (C=O) groups excluding carboxylic acids is 1. The number of hydrogen-bond donors (Lipinski definition) is 2. The number of thiophene rings is 1. The summed E-state index contributed by atoms with van der Waals surface area (Å²) in [7, 11) is 0. The van der Waals surface area contributed by atoms with Crippen molar-refractivity contribution in [3.63, 3.8) is 0 Å². The number of furan rings is 2. The van der Waals surface area contributed by atoms with Crippen LogP contribution < -0.4 is 10.2 Å². The monoisotopic (exact) mass is 342 g/mol. The van der Waals surface area contributed by atoms with E-state index in [2.05, 4.69) is 11.4 Å². The van der Waals surface area contributed by atoms with Gasteiger partial charge in [0.2, 0.25) is 0 Å². The van der Waals surface area contributed by atoms with Crippen LogP contribution >= 0.6 is 11.3 Å². The Morgan fingerprint density at radius 3 is 2.38 bits per heavy atom. The SMILES string of the molecule is N#Cc1ccsc1NC(=O)C[NH+](Cc1ccco1)Cc1ccco1. The fourth-order valence-electron chi connectivity index (χ4n) is 2.40. The average Bonchev–Trinajstić information content (AvgIpc) is 3.29. The molecule has 122 valence electrons. The highest BCUT2D eigenvalue weighted by Gasteiger charge is 2.19. The first-order valence-corrected chi connectivity index (χ1v) is 8.28. The third kappa shape index (κ3) is 4.13. The van der Waals surface area contributed by atoms with E-state index < -0.39 is 0 Å². The Hall–Kier alpha value is -2.82. The van der Waals surface area contributed by atoms with Gasteiger partial charge in [-0.15, -0.1) is 11.3 Å². The average molecular weight is 342 g/mol. The van der Waals surface area contributed by atoms with Crippen molar-refractivity contribution in [1.82, 2.24) is 0 Å². The van der Waals surface area contributed by atoms with E-state index in [9.17, 15) is 4.79 Å². The second-order valence-electron chi connectivity index (χ2n) is 5.26. The number of anilines is 1. The zero-order valence-electron chi connectivity index (χ0n) is 12.8. The molecule has 3 heterocycles. The van der Waals surface area contributed by atoms with Gasteiger partial charge >= 0.3 is 0 Å². The van der Waals surface area contributed by atoms with Crippen LogP contribution in [0, 0.1) is 11.3 Å². The summed E-state index contributed by atoms with van der Waals surface area (Å²) in [5, 5.41) is 14.2. The molecular formula is C17H16N3O3S+. The first-order valence-electron chi connectivity index (χ1n) is 7.40. The van der Waals surface area contributed by atoms with E-state index in [0.717, 1.165) is 16.4 Å². The molecule has 1 amide bonds. The maximum atomic E-state index is 12.4. The van der Waals surface area contributed by atoms with Crippen molar-refractivity contribution >= 4 is 22.2 Å². The normalized spacial score (nSPS) is 10.7. The second kappa shape index (κ2) is 7.64. The summed E-state index contributed by atoms with van der Waals surface area (Å²) in [5.41, 5.74) is 0.479. The number of hydrogen-bond acceptors (Lipinski definition) is 5. The van der Waals surface area contributed by atoms with Gasteiger partial charge in [-0.3, -0.25) is 4.79 Å². The minimum atomic E-state index is -0.151. The molecule has 0 aliphatic heterocycles. The number of amides is 1. The van der Waals surface area contributed by atoms with Gasteiger partial charge < -0.3 is 19.1 Å². The predicted octanol–water partition coefficient (Wildman–Crippen LogP) is 2.03. The molecule has 0 bridgehead atoms. The first kappa shape index (κ1) is 16.1. The summed E-state index contributed by atoms with van der Waals surface area (Å²) in [4.78, 5) is 13.3. The van der Waals surface area contributed by atoms with Crippen LogP contribution in [-0.2, 0) is 17.9 Å². The molecule has 3 aromatic heterocycles. The summed E-state index contributed by atoms with van der Waals surface area (Å²) in [5.74, 6) is 1.46. The van der Waals surface area contributed by atoms with Crippen LogP contribution in [0.3, 0.4) is 0 Å². The minimum Gasteiger partial charge on any atom is -0.463 e. The van der Waals surface area contributed by atoms with Gasteiger partial charge in [0, 0.05) is 0 Å². The molecule has 0 aromatic carbocycles. The fraction of sp³-hybridized carbons (Fsp3) is 0.176. The number of nitrogens with one attached hydrogen (secondary N) is 2. The highest BCUT2D eigenvalue weighted by atomic mass is 32.1. The van der Waals surface area contributed by atoms with Crippen LogP contribution in [0.5, 0.6) is 0 Å². The highest BCUT2D eigenvalue weighted by Crippen LogP contribution is 2.21. The van der Waals surface area contributed by atoms with E-state index in [-0.39, 0.29) is 12.5 Å². The van der Waals surface area contributed by atoms with Gasteiger partial charge in [-0.2, -0.15) is 5.26 Å². The lowest BCUT2D eigenvalue weighted by Crippen LogP contribution is -3.10. The van der Waals surface area contributed by atoms with Crippen LogP contribution in [0.1, 0.15) is 17.1 Å². The van der Waals surface area contributed by atoms with Gasteiger partial charge in [-0.25, -0.2) is 0 Å². The van der Waals surface area contributed by atoms with Crippen molar-refractivity contribution in [1.29, 1.82) is 5.26 Å². The van der Waals surface area contributed by atoms with Crippen LogP contribution in [0.4, 0.5) is 5.00 Å². The molecule has 24 heavy (non-hydrogen) atoms. The van der Waals surface area contributed by atoms with Crippen LogP contribution in [0.2, 0.25) is 0 Å². The lowest BCUT2D eigenvalue weighted by Gasteiger charge is -2.16. The van der Waals surface area contributed by atoms with Gasteiger partial charge in [0.25, 0.3) is 5.91 Å². The zero-order valence-corrected chi connectivity index (χ0v) is 13.6. The number of nitriles is 1. The Labute approximate surface area is 142 Å². The Morgan fingerprint density at radius 2 is 1.83 bits per heavy atom. The quantitative estimate of drug-likeness (QED) is 0.688. The van der Waals surface area contributed by atoms with E-state index >= 15 is 0 Å². The standard InChI is InChI=1S/C17H15N3O3S/c18-9-13-5-8-24-17(13)19-16(21)12-20(10-14-3-1-6-22-14)11-15-4-2-7-23-15/h1-8H,10-12H2,(H,19,21)/p+1. The third-order valence-corrected chi connectivity index (χ3v) is 4.29. The van der Waals surface area contributed by atoms with E-state index in [4.69, 9.17) is 14.1 Å². The summed E-state index contributed by atoms with van der Waals surface area (Å²) in [6.07, 6.45) is 3.23.